The number of fused-ring (bicyclic) bond motifs is 2. The first-order chi connectivity index (χ1) is 10.4. The maximum atomic E-state index is 13.0. The Hall–Kier alpha value is -1.22. The molecule has 1 aromatic carbocycles. The molecule has 0 saturated carbocycles. The molecule has 2 aliphatic rings. The van der Waals surface area contributed by atoms with Crippen molar-refractivity contribution < 1.29 is 13.3 Å². The molecule has 3 rings (SSSR count). The lowest BCUT2D eigenvalue weighted by atomic mass is 10.1. The molecule has 2 aliphatic heterocycles. The van der Waals surface area contributed by atoms with Crippen LogP contribution in [0.15, 0.2) is 23.1 Å². The van der Waals surface area contributed by atoms with Crippen LogP contribution in [0.2, 0.25) is 5.02 Å². The first kappa shape index (κ1) is 15.7. The number of nitro benzene ring substituents is 1. The van der Waals surface area contributed by atoms with Gasteiger partial charge in [-0.15, -0.1) is 0 Å². The maximum absolute atomic E-state index is 13.0. The zero-order chi connectivity index (χ0) is 15.9. The van der Waals surface area contributed by atoms with Crippen molar-refractivity contribution in [2.75, 3.05) is 13.1 Å². The van der Waals surface area contributed by atoms with Crippen LogP contribution in [0.25, 0.3) is 0 Å². The summed E-state index contributed by atoms with van der Waals surface area (Å²) in [5, 5.41) is 14.6. The highest BCUT2D eigenvalue weighted by Gasteiger charge is 2.45. The lowest BCUT2D eigenvalue weighted by Gasteiger charge is -2.26. The SMILES string of the molecule is O=[N+]([O-])c1ccc(Cl)cc1S(=O)(=O)N1C2CCNCC1CC2. The third-order valence-electron chi connectivity index (χ3n) is 4.26. The van der Waals surface area contributed by atoms with Crippen molar-refractivity contribution >= 4 is 27.3 Å². The molecule has 2 fully saturated rings. The second-order valence-electron chi connectivity index (χ2n) is 5.58. The molecule has 1 N–H and O–H groups in total. The molecule has 9 heteroatoms. The van der Waals surface area contributed by atoms with Crippen LogP contribution in [-0.2, 0) is 10.0 Å². The summed E-state index contributed by atoms with van der Waals surface area (Å²) in [6.45, 7) is 1.33. The summed E-state index contributed by atoms with van der Waals surface area (Å²) in [5.74, 6) is 0. The second kappa shape index (κ2) is 5.77. The molecule has 0 aliphatic carbocycles. The van der Waals surface area contributed by atoms with Gasteiger partial charge in [-0.3, -0.25) is 10.1 Å². The molecule has 0 aromatic heterocycles. The van der Waals surface area contributed by atoms with Gasteiger partial charge in [-0.2, -0.15) is 4.31 Å². The van der Waals surface area contributed by atoms with E-state index in [9.17, 15) is 18.5 Å². The number of rotatable bonds is 3. The fourth-order valence-corrected chi connectivity index (χ4v) is 5.61. The van der Waals surface area contributed by atoms with Gasteiger partial charge >= 0.3 is 0 Å². The molecule has 2 heterocycles. The predicted molar refractivity (Wildman–Crippen MR) is 81.4 cm³/mol. The standard InChI is InChI=1S/C13H16ClN3O4S/c14-9-1-4-12(17(18)19)13(7-9)22(20,21)16-10-2-3-11(16)8-15-6-5-10/h1,4,7,10-11,15H,2-3,5-6,8H2. The highest BCUT2D eigenvalue weighted by Crippen LogP contribution is 2.37. The molecule has 2 saturated heterocycles. The van der Waals surface area contributed by atoms with Crippen molar-refractivity contribution in [1.82, 2.24) is 9.62 Å². The fourth-order valence-electron chi connectivity index (χ4n) is 3.29. The van der Waals surface area contributed by atoms with Crippen molar-refractivity contribution in [3.8, 4) is 0 Å². The van der Waals surface area contributed by atoms with E-state index in [1.54, 1.807) is 0 Å². The van der Waals surface area contributed by atoms with E-state index in [1.165, 1.54) is 16.4 Å². The van der Waals surface area contributed by atoms with Gasteiger partial charge in [0.15, 0.2) is 4.90 Å². The number of hydrogen-bond acceptors (Lipinski definition) is 5. The summed E-state index contributed by atoms with van der Waals surface area (Å²) >= 11 is 5.87. The summed E-state index contributed by atoms with van der Waals surface area (Å²) in [7, 11) is -3.95. The Bertz CT molecular complexity index is 695. The molecule has 22 heavy (non-hydrogen) atoms. The van der Waals surface area contributed by atoms with Gasteiger partial charge < -0.3 is 5.32 Å². The van der Waals surface area contributed by atoms with Gasteiger partial charge in [0.1, 0.15) is 0 Å². The third-order valence-corrected chi connectivity index (χ3v) is 6.53. The zero-order valence-electron chi connectivity index (χ0n) is 11.7. The molecular weight excluding hydrogens is 330 g/mol. The van der Waals surface area contributed by atoms with Crippen LogP contribution < -0.4 is 5.32 Å². The number of hydrogen-bond donors (Lipinski definition) is 1. The Labute approximate surface area is 133 Å². The van der Waals surface area contributed by atoms with Crippen molar-refractivity contribution in [3.05, 3.63) is 33.3 Å². The van der Waals surface area contributed by atoms with Gasteiger partial charge in [-0.1, -0.05) is 11.6 Å². The molecule has 0 amide bonds. The Morgan fingerprint density at radius 1 is 1.27 bits per heavy atom. The second-order valence-corrected chi connectivity index (χ2v) is 7.83. The van der Waals surface area contributed by atoms with Crippen molar-refractivity contribution in [2.45, 2.75) is 36.2 Å². The number of sulfonamides is 1. The minimum absolute atomic E-state index is 0.108. The molecule has 2 bridgehead atoms. The monoisotopic (exact) mass is 345 g/mol. The normalized spacial score (nSPS) is 25.9. The highest BCUT2D eigenvalue weighted by molar-refractivity contribution is 7.89. The van der Waals surface area contributed by atoms with Crippen LogP contribution in [0.3, 0.4) is 0 Å². The van der Waals surface area contributed by atoms with Crippen molar-refractivity contribution in [1.29, 1.82) is 0 Å². The topological polar surface area (TPSA) is 92.5 Å². The molecule has 1 aromatic rings. The Morgan fingerprint density at radius 3 is 2.73 bits per heavy atom. The molecule has 2 unspecified atom stereocenters. The maximum Gasteiger partial charge on any atom is 0.289 e. The van der Waals surface area contributed by atoms with Gasteiger partial charge in [-0.25, -0.2) is 8.42 Å². The van der Waals surface area contributed by atoms with E-state index >= 15 is 0 Å². The molecule has 0 radical (unpaired) electrons. The van der Waals surface area contributed by atoms with Crippen molar-refractivity contribution in [2.24, 2.45) is 0 Å². The summed E-state index contributed by atoms with van der Waals surface area (Å²) < 4.78 is 27.5. The van der Waals surface area contributed by atoms with E-state index in [1.807, 2.05) is 0 Å². The van der Waals surface area contributed by atoms with Gasteiger partial charge in [-0.05, 0) is 37.9 Å². The van der Waals surface area contributed by atoms with Gasteiger partial charge in [0.2, 0.25) is 0 Å². The summed E-state index contributed by atoms with van der Waals surface area (Å²) in [6, 6.07) is 3.39. The lowest BCUT2D eigenvalue weighted by molar-refractivity contribution is -0.387. The number of benzene rings is 1. The van der Waals surface area contributed by atoms with Crippen LogP contribution >= 0.6 is 11.6 Å². The van der Waals surface area contributed by atoms with E-state index in [4.69, 9.17) is 11.6 Å². The number of halogens is 1. The minimum atomic E-state index is -3.95. The Kier molecular flexibility index (Phi) is 4.11. The number of nitrogens with zero attached hydrogens (tertiary/aromatic N) is 2. The van der Waals surface area contributed by atoms with Crippen molar-refractivity contribution in [3.63, 3.8) is 0 Å². The van der Waals surface area contributed by atoms with E-state index in [0.29, 0.717) is 13.0 Å². The average molecular weight is 346 g/mol. The summed E-state index contributed by atoms with van der Waals surface area (Å²) in [4.78, 5) is 10.2. The number of nitrogens with one attached hydrogen (secondary N) is 1. The van der Waals surface area contributed by atoms with Crippen LogP contribution in [0.4, 0.5) is 5.69 Å². The summed E-state index contributed by atoms with van der Waals surface area (Å²) in [6.07, 6.45) is 2.27. The van der Waals surface area contributed by atoms with Gasteiger partial charge in [0.05, 0.1) is 4.92 Å². The largest absolute Gasteiger partial charge is 0.315 e. The van der Waals surface area contributed by atoms with Crippen LogP contribution in [-0.4, -0.2) is 42.8 Å². The molecular formula is C13H16ClN3O4S. The van der Waals surface area contributed by atoms with E-state index in [0.717, 1.165) is 25.5 Å². The zero-order valence-corrected chi connectivity index (χ0v) is 13.3. The highest BCUT2D eigenvalue weighted by atomic mass is 35.5. The molecule has 120 valence electrons. The van der Waals surface area contributed by atoms with E-state index < -0.39 is 20.6 Å². The smallest absolute Gasteiger partial charge is 0.289 e. The van der Waals surface area contributed by atoms with Crippen LogP contribution in [0, 0.1) is 10.1 Å². The lowest BCUT2D eigenvalue weighted by Crippen LogP contribution is -2.42. The van der Waals surface area contributed by atoms with Crippen LogP contribution in [0.1, 0.15) is 19.3 Å². The Balaban J connectivity index is 2.10. The van der Waals surface area contributed by atoms with E-state index in [2.05, 4.69) is 5.32 Å². The minimum Gasteiger partial charge on any atom is -0.315 e. The first-order valence-corrected chi connectivity index (χ1v) is 8.91. The van der Waals surface area contributed by atoms with Gasteiger partial charge in [0, 0.05) is 29.7 Å². The third kappa shape index (κ3) is 2.60. The quantitative estimate of drug-likeness (QED) is 0.665. The number of nitro groups is 1. The summed E-state index contributed by atoms with van der Waals surface area (Å²) in [5.41, 5.74) is -0.430. The Morgan fingerprint density at radius 2 is 2.00 bits per heavy atom. The van der Waals surface area contributed by atoms with E-state index in [-0.39, 0.29) is 22.0 Å². The van der Waals surface area contributed by atoms with Gasteiger partial charge in [0.25, 0.3) is 15.7 Å². The van der Waals surface area contributed by atoms with Crippen LogP contribution in [0.5, 0.6) is 0 Å². The first-order valence-electron chi connectivity index (χ1n) is 7.09. The molecule has 2 atom stereocenters. The predicted octanol–water partition coefficient (Wildman–Crippen LogP) is 1.76. The molecule has 7 nitrogen and oxygen atoms in total. The fraction of sp³-hybridized carbons (Fsp3) is 0.538. The average Bonchev–Trinajstić information content (AvgIpc) is 2.72. The molecule has 0 spiro atoms.